The Kier molecular flexibility index (Phi) is 4.52. The van der Waals surface area contributed by atoms with E-state index in [9.17, 15) is 0 Å². The van der Waals surface area contributed by atoms with Crippen molar-refractivity contribution in [2.75, 3.05) is 0 Å². The maximum Gasteiger partial charge on any atom is 0.138 e. The molecule has 100 valence electrons. The van der Waals surface area contributed by atoms with Crippen LogP contribution in [0.2, 0.25) is 5.02 Å². The number of hydrogen-bond acceptors (Lipinski definition) is 2. The third-order valence-electron chi connectivity index (χ3n) is 3.79. The third kappa shape index (κ3) is 3.18. The monoisotopic (exact) mass is 267 g/mol. The second-order valence-corrected chi connectivity index (χ2v) is 5.80. The Bertz CT molecular complexity index is 405. The Balaban J connectivity index is 2.09. The molecule has 1 aromatic rings. The molecule has 2 unspecified atom stereocenters. The summed E-state index contributed by atoms with van der Waals surface area (Å²) in [7, 11) is 0. The van der Waals surface area contributed by atoms with E-state index in [1.807, 2.05) is 25.1 Å². The minimum absolute atomic E-state index is 0.00477. The predicted molar refractivity (Wildman–Crippen MR) is 76.1 cm³/mol. The van der Waals surface area contributed by atoms with E-state index < -0.39 is 0 Å². The standard InChI is InChI=1S/C15H22ClNO/c1-10-5-3-4-6-14(10)18-15-8-7-12(11(2)17)9-13(15)16/h7-11,14H,3-6,17H2,1-2H3/t10?,11-,14?/m1/s1. The van der Waals surface area contributed by atoms with Gasteiger partial charge in [0.1, 0.15) is 11.9 Å². The summed E-state index contributed by atoms with van der Waals surface area (Å²) in [5.74, 6) is 1.41. The molecular formula is C15H22ClNO. The van der Waals surface area contributed by atoms with Gasteiger partial charge in [-0.05, 0) is 49.8 Å². The first-order valence-electron chi connectivity index (χ1n) is 6.79. The van der Waals surface area contributed by atoms with E-state index in [0.717, 1.165) is 17.7 Å². The van der Waals surface area contributed by atoms with Crippen LogP contribution in [-0.4, -0.2) is 6.10 Å². The normalized spacial score (nSPS) is 25.8. The summed E-state index contributed by atoms with van der Waals surface area (Å²) in [6.07, 6.45) is 5.26. The zero-order valence-corrected chi connectivity index (χ0v) is 11.9. The van der Waals surface area contributed by atoms with E-state index in [4.69, 9.17) is 22.1 Å². The molecule has 2 N–H and O–H groups in total. The molecule has 3 atom stereocenters. The number of hydrogen-bond donors (Lipinski definition) is 1. The molecule has 2 rings (SSSR count). The summed E-state index contributed by atoms with van der Waals surface area (Å²) in [4.78, 5) is 0. The number of halogens is 1. The van der Waals surface area contributed by atoms with Crippen molar-refractivity contribution in [1.82, 2.24) is 0 Å². The number of ether oxygens (including phenoxy) is 1. The van der Waals surface area contributed by atoms with Crippen molar-refractivity contribution in [2.45, 2.75) is 51.7 Å². The number of nitrogens with two attached hydrogens (primary N) is 1. The van der Waals surface area contributed by atoms with Crippen LogP contribution in [0.3, 0.4) is 0 Å². The van der Waals surface area contributed by atoms with E-state index in [1.165, 1.54) is 19.3 Å². The van der Waals surface area contributed by atoms with Gasteiger partial charge in [0.15, 0.2) is 0 Å². The summed E-state index contributed by atoms with van der Waals surface area (Å²) in [5, 5.41) is 0.669. The fourth-order valence-electron chi connectivity index (χ4n) is 2.52. The summed E-state index contributed by atoms with van der Waals surface area (Å²) in [6.45, 7) is 4.21. The van der Waals surface area contributed by atoms with Gasteiger partial charge in [0.25, 0.3) is 0 Å². The van der Waals surface area contributed by atoms with Gasteiger partial charge >= 0.3 is 0 Å². The van der Waals surface area contributed by atoms with E-state index in [1.54, 1.807) is 0 Å². The minimum atomic E-state index is 0.00477. The lowest BCUT2D eigenvalue weighted by atomic mass is 9.88. The van der Waals surface area contributed by atoms with Gasteiger partial charge in [-0.2, -0.15) is 0 Å². The average Bonchev–Trinajstić information content (AvgIpc) is 2.34. The summed E-state index contributed by atoms with van der Waals surface area (Å²) in [6, 6.07) is 5.86. The molecule has 0 aliphatic heterocycles. The van der Waals surface area contributed by atoms with Crippen molar-refractivity contribution >= 4 is 11.6 Å². The van der Waals surface area contributed by atoms with Crippen molar-refractivity contribution in [2.24, 2.45) is 11.7 Å². The topological polar surface area (TPSA) is 35.2 Å². The second-order valence-electron chi connectivity index (χ2n) is 5.40. The SMILES string of the molecule is CC1CCCCC1Oc1ccc([C@@H](C)N)cc1Cl. The maximum atomic E-state index is 6.26. The molecule has 0 spiro atoms. The van der Waals surface area contributed by atoms with Gasteiger partial charge in [0, 0.05) is 6.04 Å². The van der Waals surface area contributed by atoms with Crippen LogP contribution in [0, 0.1) is 5.92 Å². The van der Waals surface area contributed by atoms with Crippen molar-refractivity contribution in [3.63, 3.8) is 0 Å². The van der Waals surface area contributed by atoms with Gasteiger partial charge in [-0.15, -0.1) is 0 Å². The number of benzene rings is 1. The van der Waals surface area contributed by atoms with Gasteiger partial charge in [-0.25, -0.2) is 0 Å². The van der Waals surface area contributed by atoms with Gasteiger partial charge in [0.2, 0.25) is 0 Å². The fourth-order valence-corrected chi connectivity index (χ4v) is 2.75. The lowest BCUT2D eigenvalue weighted by Crippen LogP contribution is -2.28. The van der Waals surface area contributed by atoms with E-state index in [2.05, 4.69) is 6.92 Å². The van der Waals surface area contributed by atoms with Gasteiger partial charge in [-0.1, -0.05) is 31.0 Å². The quantitative estimate of drug-likeness (QED) is 0.885. The smallest absolute Gasteiger partial charge is 0.138 e. The van der Waals surface area contributed by atoms with Gasteiger partial charge < -0.3 is 10.5 Å². The maximum absolute atomic E-state index is 6.26. The highest BCUT2D eigenvalue weighted by molar-refractivity contribution is 6.32. The lowest BCUT2D eigenvalue weighted by molar-refractivity contribution is 0.103. The zero-order valence-electron chi connectivity index (χ0n) is 11.2. The van der Waals surface area contributed by atoms with Crippen LogP contribution < -0.4 is 10.5 Å². The molecule has 0 radical (unpaired) electrons. The van der Waals surface area contributed by atoms with Crippen LogP contribution in [0.15, 0.2) is 18.2 Å². The molecule has 18 heavy (non-hydrogen) atoms. The molecule has 0 aromatic heterocycles. The summed E-state index contributed by atoms with van der Waals surface area (Å²) >= 11 is 6.26. The van der Waals surface area contributed by atoms with E-state index in [0.29, 0.717) is 17.0 Å². The molecule has 1 aliphatic carbocycles. The lowest BCUT2D eigenvalue weighted by Gasteiger charge is -2.29. The molecule has 1 saturated carbocycles. The highest BCUT2D eigenvalue weighted by atomic mass is 35.5. The average molecular weight is 268 g/mol. The van der Waals surface area contributed by atoms with Gasteiger partial charge in [-0.3, -0.25) is 0 Å². The van der Waals surface area contributed by atoms with Crippen LogP contribution in [-0.2, 0) is 0 Å². The Morgan fingerprint density at radius 2 is 2.06 bits per heavy atom. The minimum Gasteiger partial charge on any atom is -0.489 e. The third-order valence-corrected chi connectivity index (χ3v) is 4.09. The van der Waals surface area contributed by atoms with Crippen LogP contribution in [0.25, 0.3) is 0 Å². The summed E-state index contributed by atoms with van der Waals surface area (Å²) in [5.41, 5.74) is 6.88. The molecule has 0 amide bonds. The van der Waals surface area contributed by atoms with Crippen molar-refractivity contribution < 1.29 is 4.74 Å². The molecule has 0 heterocycles. The van der Waals surface area contributed by atoms with Gasteiger partial charge in [0.05, 0.1) is 5.02 Å². The Morgan fingerprint density at radius 1 is 1.33 bits per heavy atom. The summed E-state index contributed by atoms with van der Waals surface area (Å²) < 4.78 is 6.06. The predicted octanol–water partition coefficient (Wildman–Crippen LogP) is 4.32. The van der Waals surface area contributed by atoms with Crippen molar-refractivity contribution in [1.29, 1.82) is 0 Å². The first-order chi connectivity index (χ1) is 8.58. The first-order valence-corrected chi connectivity index (χ1v) is 7.17. The van der Waals surface area contributed by atoms with E-state index in [-0.39, 0.29) is 6.04 Å². The van der Waals surface area contributed by atoms with Crippen LogP contribution in [0.4, 0.5) is 0 Å². The molecule has 3 heteroatoms. The Labute approximate surface area is 114 Å². The molecule has 2 nitrogen and oxygen atoms in total. The molecule has 0 saturated heterocycles. The van der Waals surface area contributed by atoms with Crippen LogP contribution >= 0.6 is 11.6 Å². The molecule has 1 fully saturated rings. The second kappa shape index (κ2) is 5.94. The molecular weight excluding hydrogens is 246 g/mol. The molecule has 1 aromatic carbocycles. The molecule has 0 bridgehead atoms. The Morgan fingerprint density at radius 3 is 2.67 bits per heavy atom. The van der Waals surface area contributed by atoms with Crippen LogP contribution in [0.1, 0.15) is 51.1 Å². The Hall–Kier alpha value is -0.730. The fraction of sp³-hybridized carbons (Fsp3) is 0.600. The first kappa shape index (κ1) is 13.7. The van der Waals surface area contributed by atoms with Crippen LogP contribution in [0.5, 0.6) is 5.75 Å². The molecule has 1 aliphatic rings. The largest absolute Gasteiger partial charge is 0.489 e. The van der Waals surface area contributed by atoms with Crippen molar-refractivity contribution in [3.8, 4) is 5.75 Å². The zero-order chi connectivity index (χ0) is 13.1. The number of rotatable bonds is 3. The highest BCUT2D eigenvalue weighted by Gasteiger charge is 2.23. The highest BCUT2D eigenvalue weighted by Crippen LogP contribution is 2.33. The van der Waals surface area contributed by atoms with Crippen molar-refractivity contribution in [3.05, 3.63) is 28.8 Å². The van der Waals surface area contributed by atoms with E-state index >= 15 is 0 Å².